The van der Waals surface area contributed by atoms with Crippen molar-refractivity contribution in [2.45, 2.75) is 13.5 Å². The van der Waals surface area contributed by atoms with E-state index in [0.717, 1.165) is 18.7 Å². The summed E-state index contributed by atoms with van der Waals surface area (Å²) in [5.41, 5.74) is 1.15. The topological polar surface area (TPSA) is 59.0 Å². The van der Waals surface area contributed by atoms with Gasteiger partial charge in [0.05, 0.1) is 13.7 Å². The van der Waals surface area contributed by atoms with Gasteiger partial charge in [-0.3, -0.25) is 4.90 Å². The fourth-order valence-corrected chi connectivity index (χ4v) is 1.85. The summed E-state index contributed by atoms with van der Waals surface area (Å²) in [6.45, 7) is 5.14. The number of nitrogens with zero attached hydrogens (tertiary/aromatic N) is 1. The zero-order valence-corrected chi connectivity index (χ0v) is 11.7. The molecule has 0 radical (unpaired) electrons. The molecule has 5 heteroatoms. The first-order chi connectivity index (χ1) is 9.12. The fraction of sp³-hybridized carbons (Fsp3) is 0.500. The molecule has 0 heterocycles. The Bertz CT molecular complexity index is 420. The molecule has 0 saturated heterocycles. The molecule has 5 nitrogen and oxygen atoms in total. The van der Waals surface area contributed by atoms with Crippen molar-refractivity contribution in [1.29, 1.82) is 0 Å². The van der Waals surface area contributed by atoms with Crippen molar-refractivity contribution in [2.75, 3.05) is 33.9 Å². The number of carboxylic acid groups (broad SMARTS) is 1. The van der Waals surface area contributed by atoms with Crippen molar-refractivity contribution < 1.29 is 19.4 Å². The minimum atomic E-state index is -0.973. The highest BCUT2D eigenvalue weighted by atomic mass is 16.5. The summed E-state index contributed by atoms with van der Waals surface area (Å²) in [6.07, 6.45) is 0. The van der Waals surface area contributed by atoms with Crippen LogP contribution in [0, 0.1) is 0 Å². The summed E-state index contributed by atoms with van der Waals surface area (Å²) in [4.78, 5) is 13.3. The van der Waals surface area contributed by atoms with Gasteiger partial charge in [0.25, 0.3) is 0 Å². The monoisotopic (exact) mass is 267 g/mol. The highest BCUT2D eigenvalue weighted by Gasteiger charge is 2.12. The lowest BCUT2D eigenvalue weighted by atomic mass is 10.1. The highest BCUT2D eigenvalue weighted by molar-refractivity contribution is 5.91. The maximum Gasteiger partial charge on any atom is 0.339 e. The third-order valence-corrected chi connectivity index (χ3v) is 2.96. The lowest BCUT2D eigenvalue weighted by molar-refractivity contribution is 0.0693. The molecule has 0 fully saturated rings. The molecule has 0 aliphatic rings. The van der Waals surface area contributed by atoms with Gasteiger partial charge in [-0.1, -0.05) is 13.0 Å². The minimum absolute atomic E-state index is 0.197. The van der Waals surface area contributed by atoms with Gasteiger partial charge in [0, 0.05) is 20.2 Å². The van der Waals surface area contributed by atoms with Crippen LogP contribution in [0.3, 0.4) is 0 Å². The molecule has 0 amide bonds. The number of hydrogen-bond donors (Lipinski definition) is 1. The van der Waals surface area contributed by atoms with E-state index in [2.05, 4.69) is 11.8 Å². The predicted molar refractivity (Wildman–Crippen MR) is 72.8 cm³/mol. The predicted octanol–water partition coefficient (Wildman–Crippen LogP) is 1.86. The van der Waals surface area contributed by atoms with E-state index in [0.29, 0.717) is 18.9 Å². The summed E-state index contributed by atoms with van der Waals surface area (Å²) in [7, 11) is 3.14. The first kappa shape index (κ1) is 15.5. The largest absolute Gasteiger partial charge is 0.496 e. The molecule has 0 aliphatic heterocycles. The number of likely N-dealkylation sites (N-methyl/N-ethyl adjacent to an activating group) is 1. The Morgan fingerprint density at radius 2 is 2.11 bits per heavy atom. The van der Waals surface area contributed by atoms with Crippen LogP contribution in [0.5, 0.6) is 5.75 Å². The maximum absolute atomic E-state index is 11.1. The number of carbonyl (C=O) groups is 1. The lowest BCUT2D eigenvalue weighted by Gasteiger charge is -2.20. The first-order valence-corrected chi connectivity index (χ1v) is 6.23. The number of rotatable bonds is 8. The van der Waals surface area contributed by atoms with E-state index in [1.165, 1.54) is 7.11 Å². The van der Waals surface area contributed by atoms with Crippen LogP contribution in [0.2, 0.25) is 0 Å². The normalized spacial score (nSPS) is 10.7. The van der Waals surface area contributed by atoms with E-state index in [1.54, 1.807) is 19.2 Å². The first-order valence-electron chi connectivity index (χ1n) is 6.23. The van der Waals surface area contributed by atoms with E-state index in [-0.39, 0.29) is 5.56 Å². The highest BCUT2D eigenvalue weighted by Crippen LogP contribution is 2.20. The molecule has 0 unspecified atom stereocenters. The van der Waals surface area contributed by atoms with Gasteiger partial charge in [-0.25, -0.2) is 4.79 Å². The van der Waals surface area contributed by atoms with Crippen molar-refractivity contribution in [3.63, 3.8) is 0 Å². The zero-order chi connectivity index (χ0) is 14.3. The van der Waals surface area contributed by atoms with Gasteiger partial charge in [0.15, 0.2) is 0 Å². The number of benzene rings is 1. The second-order valence-corrected chi connectivity index (χ2v) is 4.20. The molecule has 0 spiro atoms. The van der Waals surface area contributed by atoms with Gasteiger partial charge in [0.2, 0.25) is 0 Å². The molecule has 1 rings (SSSR count). The summed E-state index contributed by atoms with van der Waals surface area (Å²) >= 11 is 0. The van der Waals surface area contributed by atoms with Crippen LogP contribution in [0.1, 0.15) is 22.8 Å². The van der Waals surface area contributed by atoms with Crippen LogP contribution >= 0.6 is 0 Å². The number of carboxylic acids is 1. The molecule has 0 aliphatic carbocycles. The molecule has 0 bridgehead atoms. The van der Waals surface area contributed by atoms with E-state index in [9.17, 15) is 4.79 Å². The summed E-state index contributed by atoms with van der Waals surface area (Å²) in [6, 6.07) is 5.25. The summed E-state index contributed by atoms with van der Waals surface area (Å²) in [5.74, 6) is -0.588. The third-order valence-electron chi connectivity index (χ3n) is 2.96. The van der Waals surface area contributed by atoms with Crippen LogP contribution in [0.25, 0.3) is 0 Å². The molecule has 106 valence electrons. The Morgan fingerprint density at radius 1 is 1.37 bits per heavy atom. The van der Waals surface area contributed by atoms with Crippen molar-refractivity contribution >= 4 is 5.97 Å². The quantitative estimate of drug-likeness (QED) is 0.779. The fourth-order valence-electron chi connectivity index (χ4n) is 1.85. The van der Waals surface area contributed by atoms with Gasteiger partial charge in [-0.2, -0.15) is 0 Å². The zero-order valence-electron chi connectivity index (χ0n) is 11.7. The van der Waals surface area contributed by atoms with Crippen LogP contribution in [-0.4, -0.2) is 49.9 Å². The number of methoxy groups -OCH3 is 2. The molecule has 1 aromatic rings. The Kier molecular flexibility index (Phi) is 6.32. The summed E-state index contributed by atoms with van der Waals surface area (Å²) < 4.78 is 10.1. The van der Waals surface area contributed by atoms with Gasteiger partial charge in [-0.15, -0.1) is 0 Å². The van der Waals surface area contributed by atoms with E-state index < -0.39 is 5.97 Å². The Morgan fingerprint density at radius 3 is 2.63 bits per heavy atom. The molecule has 1 N–H and O–H groups in total. The Balaban J connectivity index is 2.83. The standard InChI is InChI=1S/C14H21NO4/c1-4-15(7-8-18-2)10-11-5-6-13(19-3)12(9-11)14(16)17/h5-6,9H,4,7-8,10H2,1-3H3,(H,16,17). The van der Waals surface area contributed by atoms with Crippen molar-refractivity contribution in [1.82, 2.24) is 4.90 Å². The van der Waals surface area contributed by atoms with Gasteiger partial charge >= 0.3 is 5.97 Å². The van der Waals surface area contributed by atoms with Crippen molar-refractivity contribution in [3.05, 3.63) is 29.3 Å². The smallest absolute Gasteiger partial charge is 0.339 e. The molecule has 0 saturated carbocycles. The van der Waals surface area contributed by atoms with Crippen LogP contribution in [0.4, 0.5) is 0 Å². The van der Waals surface area contributed by atoms with Crippen molar-refractivity contribution in [3.8, 4) is 5.75 Å². The number of ether oxygens (including phenoxy) is 2. The molecule has 19 heavy (non-hydrogen) atoms. The van der Waals surface area contributed by atoms with Gasteiger partial charge in [-0.05, 0) is 24.2 Å². The maximum atomic E-state index is 11.1. The molecular weight excluding hydrogens is 246 g/mol. The second-order valence-electron chi connectivity index (χ2n) is 4.20. The molecule has 0 aromatic heterocycles. The SMILES string of the molecule is CCN(CCOC)Cc1ccc(OC)c(C(=O)O)c1. The van der Waals surface area contributed by atoms with Crippen LogP contribution in [0.15, 0.2) is 18.2 Å². The summed E-state index contributed by atoms with van der Waals surface area (Å²) in [5, 5.41) is 9.14. The van der Waals surface area contributed by atoms with E-state index in [1.807, 2.05) is 6.07 Å². The average molecular weight is 267 g/mol. The average Bonchev–Trinajstić information content (AvgIpc) is 2.43. The van der Waals surface area contributed by atoms with Crippen molar-refractivity contribution in [2.24, 2.45) is 0 Å². The van der Waals surface area contributed by atoms with Gasteiger partial charge in [0.1, 0.15) is 11.3 Å². The molecular formula is C14H21NO4. The number of hydrogen-bond acceptors (Lipinski definition) is 4. The minimum Gasteiger partial charge on any atom is -0.496 e. The van der Waals surface area contributed by atoms with Gasteiger partial charge < -0.3 is 14.6 Å². The molecule has 0 atom stereocenters. The van der Waals surface area contributed by atoms with E-state index in [4.69, 9.17) is 14.6 Å². The van der Waals surface area contributed by atoms with E-state index >= 15 is 0 Å². The lowest BCUT2D eigenvalue weighted by Crippen LogP contribution is -2.26. The molecule has 1 aromatic carbocycles. The van der Waals surface area contributed by atoms with Crippen LogP contribution < -0.4 is 4.74 Å². The second kappa shape index (κ2) is 7.76. The number of aromatic carboxylic acids is 1. The third kappa shape index (κ3) is 4.54. The Labute approximate surface area is 113 Å². The van der Waals surface area contributed by atoms with Crippen LogP contribution in [-0.2, 0) is 11.3 Å². The Hall–Kier alpha value is -1.59.